The summed E-state index contributed by atoms with van der Waals surface area (Å²) in [6, 6.07) is 18.8. The van der Waals surface area contributed by atoms with Crippen molar-refractivity contribution < 1.29 is 19.1 Å². The lowest BCUT2D eigenvalue weighted by molar-refractivity contribution is -0.141. The van der Waals surface area contributed by atoms with Crippen LogP contribution in [0, 0.1) is 12.3 Å². The van der Waals surface area contributed by atoms with Crippen LogP contribution >= 0.6 is 11.8 Å². The lowest BCUT2D eigenvalue weighted by atomic mass is 9.97. The van der Waals surface area contributed by atoms with Crippen LogP contribution < -0.4 is 10.6 Å². The highest BCUT2D eigenvalue weighted by Crippen LogP contribution is 2.37. The zero-order valence-corrected chi connectivity index (χ0v) is 24.8. The molecule has 3 aromatic rings. The van der Waals surface area contributed by atoms with Crippen LogP contribution in [0.2, 0.25) is 0 Å². The number of anilines is 1. The van der Waals surface area contributed by atoms with Gasteiger partial charge in [0.2, 0.25) is 5.91 Å². The number of hydrogen-bond donors (Lipinski definition) is 2. The zero-order valence-electron chi connectivity index (χ0n) is 24.0. The molecule has 2 N–H and O–H groups in total. The van der Waals surface area contributed by atoms with Crippen molar-refractivity contribution in [3.05, 3.63) is 77.9 Å². The summed E-state index contributed by atoms with van der Waals surface area (Å²) in [5, 5.41) is 7.86. The molecule has 0 aliphatic heterocycles. The maximum atomic E-state index is 14.3. The number of carbonyl (C=O) groups excluding carboxylic acids is 3. The Morgan fingerprint density at radius 1 is 1.05 bits per heavy atom. The van der Waals surface area contributed by atoms with Crippen LogP contribution in [-0.2, 0) is 14.3 Å². The van der Waals surface area contributed by atoms with Crippen LogP contribution in [0.15, 0.2) is 66.7 Å². The van der Waals surface area contributed by atoms with Crippen molar-refractivity contribution in [3.63, 3.8) is 0 Å². The van der Waals surface area contributed by atoms with E-state index in [0.29, 0.717) is 29.0 Å². The van der Waals surface area contributed by atoms with E-state index in [4.69, 9.17) is 11.2 Å². The van der Waals surface area contributed by atoms with Gasteiger partial charge in [0.15, 0.2) is 0 Å². The maximum absolute atomic E-state index is 14.3. The standard InChI is InChI=1S/C33H37N3O4S/c1-6-22-11-9-10-14-27(22)29(30(37)34-25-16-15-23-12-7-8-13-24(23)21-25)36(26-17-18-26)31(38)28(19-20-41-5)35-32(39)40-33(2,3)4/h1,7-16,21,26,28-29H,17-20H2,2-5H3,(H,34,37)(H,35,39). The summed E-state index contributed by atoms with van der Waals surface area (Å²) in [6.07, 6.45) is 9.03. The molecule has 0 saturated heterocycles. The number of nitrogens with one attached hydrogen (secondary N) is 2. The average molecular weight is 572 g/mol. The first-order valence-corrected chi connectivity index (χ1v) is 15.2. The third-order valence-corrected chi connectivity index (χ3v) is 7.39. The second-order valence-corrected chi connectivity index (χ2v) is 12.1. The van der Waals surface area contributed by atoms with Crippen LogP contribution in [0.4, 0.5) is 10.5 Å². The number of alkyl carbamates (subject to hydrolysis) is 1. The Labute approximate surface area is 246 Å². The SMILES string of the molecule is C#Cc1ccccc1C(C(=O)Nc1ccc2ccccc2c1)N(C(=O)C(CCSC)NC(=O)OC(C)(C)C)C1CC1. The van der Waals surface area contributed by atoms with E-state index >= 15 is 0 Å². The quantitative estimate of drug-likeness (QED) is 0.286. The Hall–Kier alpha value is -3.96. The van der Waals surface area contributed by atoms with Gasteiger partial charge in [-0.25, -0.2) is 4.79 Å². The molecule has 0 spiro atoms. The lowest BCUT2D eigenvalue weighted by Gasteiger charge is -2.35. The Kier molecular flexibility index (Phi) is 9.61. The van der Waals surface area contributed by atoms with Gasteiger partial charge in [-0.05, 0) is 86.6 Å². The largest absolute Gasteiger partial charge is 0.444 e. The van der Waals surface area contributed by atoms with Gasteiger partial charge in [0.05, 0.1) is 0 Å². The van der Waals surface area contributed by atoms with Gasteiger partial charge in [-0.3, -0.25) is 9.59 Å². The molecule has 3 aromatic carbocycles. The smallest absolute Gasteiger partial charge is 0.408 e. The molecule has 0 aromatic heterocycles. The van der Waals surface area contributed by atoms with E-state index in [9.17, 15) is 14.4 Å². The molecule has 1 fully saturated rings. The number of hydrogen-bond acceptors (Lipinski definition) is 5. The van der Waals surface area contributed by atoms with Crippen molar-refractivity contribution in [2.45, 2.75) is 63.8 Å². The number of benzene rings is 3. The van der Waals surface area contributed by atoms with Gasteiger partial charge in [0.25, 0.3) is 5.91 Å². The molecule has 2 atom stereocenters. The van der Waals surface area contributed by atoms with Gasteiger partial charge < -0.3 is 20.3 Å². The first-order valence-electron chi connectivity index (χ1n) is 13.8. The Morgan fingerprint density at radius 2 is 1.73 bits per heavy atom. The fraction of sp³-hybridized carbons (Fsp3) is 0.364. The third kappa shape index (κ3) is 7.83. The summed E-state index contributed by atoms with van der Waals surface area (Å²) in [6.45, 7) is 5.31. The Morgan fingerprint density at radius 3 is 2.39 bits per heavy atom. The maximum Gasteiger partial charge on any atom is 0.408 e. The summed E-state index contributed by atoms with van der Waals surface area (Å²) in [4.78, 5) is 42.8. The van der Waals surface area contributed by atoms with Gasteiger partial charge in [-0.15, -0.1) is 6.42 Å². The second-order valence-electron chi connectivity index (χ2n) is 11.1. The fourth-order valence-corrected chi connectivity index (χ4v) is 5.23. The average Bonchev–Trinajstić information content (AvgIpc) is 3.77. The van der Waals surface area contributed by atoms with E-state index in [2.05, 4.69) is 16.6 Å². The molecule has 0 radical (unpaired) electrons. The highest BCUT2D eigenvalue weighted by atomic mass is 32.2. The molecule has 2 unspecified atom stereocenters. The molecule has 3 amide bonds. The molecule has 1 saturated carbocycles. The van der Waals surface area contributed by atoms with Crippen LogP contribution in [0.1, 0.15) is 57.2 Å². The van der Waals surface area contributed by atoms with Crippen LogP contribution in [0.3, 0.4) is 0 Å². The number of carbonyl (C=O) groups is 3. The minimum atomic E-state index is -0.995. The third-order valence-electron chi connectivity index (χ3n) is 6.75. The molecule has 41 heavy (non-hydrogen) atoms. The molecule has 8 heteroatoms. The van der Waals surface area contributed by atoms with Crippen molar-refractivity contribution in [3.8, 4) is 12.3 Å². The van der Waals surface area contributed by atoms with Crippen molar-refractivity contribution in [1.82, 2.24) is 10.2 Å². The first-order chi connectivity index (χ1) is 19.6. The minimum absolute atomic E-state index is 0.155. The van der Waals surface area contributed by atoms with E-state index in [1.165, 1.54) is 0 Å². The summed E-state index contributed by atoms with van der Waals surface area (Å²) >= 11 is 1.57. The van der Waals surface area contributed by atoms with Crippen molar-refractivity contribution in [1.29, 1.82) is 0 Å². The molecular formula is C33H37N3O4S. The van der Waals surface area contributed by atoms with E-state index in [1.807, 2.05) is 60.9 Å². The van der Waals surface area contributed by atoms with Crippen LogP contribution in [-0.4, -0.2) is 52.5 Å². The number of amides is 3. The van der Waals surface area contributed by atoms with Crippen molar-refractivity contribution in [2.24, 2.45) is 0 Å². The number of thioether (sulfide) groups is 1. The molecule has 214 valence electrons. The van der Waals surface area contributed by atoms with E-state index in [0.717, 1.165) is 23.6 Å². The number of rotatable bonds is 10. The van der Waals surface area contributed by atoms with Crippen LogP contribution in [0.25, 0.3) is 10.8 Å². The minimum Gasteiger partial charge on any atom is -0.444 e. The summed E-state index contributed by atoms with van der Waals surface area (Å²) < 4.78 is 5.46. The number of nitrogens with zero attached hydrogens (tertiary/aromatic N) is 1. The highest BCUT2D eigenvalue weighted by Gasteiger charge is 2.44. The molecular weight excluding hydrogens is 534 g/mol. The van der Waals surface area contributed by atoms with E-state index in [-0.39, 0.29) is 17.9 Å². The molecule has 0 bridgehead atoms. The summed E-state index contributed by atoms with van der Waals surface area (Å²) in [7, 11) is 0. The van der Waals surface area contributed by atoms with Gasteiger partial charge >= 0.3 is 6.09 Å². The van der Waals surface area contributed by atoms with Gasteiger partial charge in [-0.1, -0.05) is 54.5 Å². The predicted octanol–water partition coefficient (Wildman–Crippen LogP) is 6.14. The second kappa shape index (κ2) is 13.1. The van der Waals surface area contributed by atoms with Gasteiger partial charge in [0, 0.05) is 17.3 Å². The molecule has 1 aliphatic rings. The number of fused-ring (bicyclic) bond motifs is 1. The normalized spacial score (nSPS) is 14.4. The Balaban J connectivity index is 1.72. The van der Waals surface area contributed by atoms with Crippen LogP contribution in [0.5, 0.6) is 0 Å². The molecule has 1 aliphatic carbocycles. The topological polar surface area (TPSA) is 87.7 Å². The summed E-state index contributed by atoms with van der Waals surface area (Å²) in [5.41, 5.74) is 0.993. The first kappa shape index (κ1) is 30.0. The monoisotopic (exact) mass is 571 g/mol. The molecule has 7 nitrogen and oxygen atoms in total. The fourth-order valence-electron chi connectivity index (χ4n) is 4.76. The highest BCUT2D eigenvalue weighted by molar-refractivity contribution is 7.98. The van der Waals surface area contributed by atoms with Gasteiger partial charge in [-0.2, -0.15) is 11.8 Å². The Bertz CT molecular complexity index is 1450. The summed E-state index contributed by atoms with van der Waals surface area (Å²) in [5.74, 6) is 2.61. The zero-order chi connectivity index (χ0) is 29.6. The van der Waals surface area contributed by atoms with Crippen molar-refractivity contribution >= 4 is 46.1 Å². The van der Waals surface area contributed by atoms with Gasteiger partial charge in [0.1, 0.15) is 17.7 Å². The predicted molar refractivity (Wildman–Crippen MR) is 166 cm³/mol. The molecule has 0 heterocycles. The lowest BCUT2D eigenvalue weighted by Crippen LogP contribution is -2.53. The van der Waals surface area contributed by atoms with Crippen molar-refractivity contribution in [2.75, 3.05) is 17.3 Å². The van der Waals surface area contributed by atoms with E-state index in [1.54, 1.807) is 49.6 Å². The number of terminal acetylenes is 1. The number of ether oxygens (including phenoxy) is 1. The van der Waals surface area contributed by atoms with E-state index < -0.39 is 23.8 Å². The molecule has 4 rings (SSSR count).